The molecule has 0 saturated heterocycles. The average Bonchev–Trinajstić information content (AvgIpc) is 2.99. The SMILES string of the molecule is O=C(O)CCCCCC[C@@H]1C(CCC(O)/C=C/c2cccc(C(F)(F)F)c2)[C@H](O)C[C@@H]1O. The van der Waals surface area contributed by atoms with Gasteiger partial charge >= 0.3 is 12.1 Å². The maximum Gasteiger partial charge on any atom is 0.416 e. The molecule has 32 heavy (non-hydrogen) atoms. The number of aliphatic hydroxyl groups excluding tert-OH is 3. The van der Waals surface area contributed by atoms with Gasteiger partial charge in [-0.25, -0.2) is 0 Å². The number of alkyl halides is 3. The third-order valence-corrected chi connectivity index (χ3v) is 6.22. The molecule has 1 aliphatic rings. The van der Waals surface area contributed by atoms with E-state index in [1.807, 2.05) is 0 Å². The fourth-order valence-electron chi connectivity index (χ4n) is 4.49. The summed E-state index contributed by atoms with van der Waals surface area (Å²) in [6.07, 6.45) is 1.49. The number of unbranched alkanes of at least 4 members (excludes halogenated alkanes) is 3. The Kier molecular flexibility index (Phi) is 10.2. The summed E-state index contributed by atoms with van der Waals surface area (Å²) >= 11 is 0. The second-order valence-corrected chi connectivity index (χ2v) is 8.67. The van der Waals surface area contributed by atoms with Gasteiger partial charge in [0.1, 0.15) is 0 Å². The summed E-state index contributed by atoms with van der Waals surface area (Å²) in [6, 6.07) is 4.86. The van der Waals surface area contributed by atoms with Gasteiger partial charge in [0, 0.05) is 6.42 Å². The van der Waals surface area contributed by atoms with Crippen LogP contribution < -0.4 is 0 Å². The predicted molar refractivity (Wildman–Crippen MR) is 115 cm³/mol. The van der Waals surface area contributed by atoms with Gasteiger partial charge in [-0.3, -0.25) is 4.79 Å². The fourth-order valence-corrected chi connectivity index (χ4v) is 4.49. The Balaban J connectivity index is 1.82. The lowest BCUT2D eigenvalue weighted by Crippen LogP contribution is -2.23. The molecule has 0 heterocycles. The highest BCUT2D eigenvalue weighted by atomic mass is 19.4. The minimum absolute atomic E-state index is 0.0795. The van der Waals surface area contributed by atoms with Crippen molar-refractivity contribution in [3.05, 3.63) is 41.5 Å². The standard InChI is InChI=1S/C24H33F3O5/c25-24(26,27)17-7-5-6-16(14-17)10-11-18(28)12-13-20-19(21(29)15-22(20)30)8-3-1-2-4-9-23(31)32/h5-7,10-11,14,18-22,28-30H,1-4,8-9,12-13,15H2,(H,31,32)/b11-10+/t18?,19-,20?,21+,22-/m1/s1. The first-order chi connectivity index (χ1) is 15.1. The molecule has 1 aromatic carbocycles. The number of hydrogen-bond donors (Lipinski definition) is 4. The summed E-state index contributed by atoms with van der Waals surface area (Å²) in [7, 11) is 0. The van der Waals surface area contributed by atoms with E-state index in [0.717, 1.165) is 37.8 Å². The number of carboxylic acids is 1. The van der Waals surface area contributed by atoms with Gasteiger partial charge in [0.2, 0.25) is 0 Å². The number of benzene rings is 1. The van der Waals surface area contributed by atoms with Crippen molar-refractivity contribution < 1.29 is 38.4 Å². The normalized spacial score (nSPS) is 24.8. The molecule has 2 rings (SSSR count). The Morgan fingerprint density at radius 2 is 1.72 bits per heavy atom. The molecule has 0 bridgehead atoms. The van der Waals surface area contributed by atoms with Gasteiger partial charge in [-0.2, -0.15) is 13.2 Å². The van der Waals surface area contributed by atoms with Crippen LogP contribution in [0.1, 0.15) is 68.9 Å². The third kappa shape index (κ3) is 8.56. The van der Waals surface area contributed by atoms with Crippen molar-refractivity contribution in [3.63, 3.8) is 0 Å². The minimum atomic E-state index is -4.42. The van der Waals surface area contributed by atoms with E-state index in [2.05, 4.69) is 0 Å². The zero-order valence-corrected chi connectivity index (χ0v) is 18.0. The lowest BCUT2D eigenvalue weighted by Gasteiger charge is -2.24. The van der Waals surface area contributed by atoms with Crippen molar-refractivity contribution in [3.8, 4) is 0 Å². The van der Waals surface area contributed by atoms with Gasteiger partial charge in [0.05, 0.1) is 23.9 Å². The van der Waals surface area contributed by atoms with E-state index in [4.69, 9.17) is 5.11 Å². The molecular weight excluding hydrogens is 425 g/mol. The first-order valence-corrected chi connectivity index (χ1v) is 11.2. The topological polar surface area (TPSA) is 98.0 Å². The molecule has 1 saturated carbocycles. The van der Waals surface area contributed by atoms with E-state index in [-0.39, 0.29) is 18.3 Å². The summed E-state index contributed by atoms with van der Waals surface area (Å²) in [5.74, 6) is -1.04. The second-order valence-electron chi connectivity index (χ2n) is 8.67. The number of halogens is 3. The number of hydrogen-bond acceptors (Lipinski definition) is 4. The number of carbonyl (C=O) groups is 1. The largest absolute Gasteiger partial charge is 0.481 e. The molecule has 0 aliphatic heterocycles. The van der Waals surface area contributed by atoms with E-state index in [1.165, 1.54) is 24.3 Å². The maximum atomic E-state index is 12.8. The molecule has 0 amide bonds. The fraction of sp³-hybridized carbons (Fsp3) is 0.625. The summed E-state index contributed by atoms with van der Waals surface area (Å²) in [5, 5.41) is 39.6. The van der Waals surface area contributed by atoms with E-state index in [0.29, 0.717) is 31.2 Å². The van der Waals surface area contributed by atoms with Gasteiger partial charge in [-0.05, 0) is 61.6 Å². The summed E-state index contributed by atoms with van der Waals surface area (Å²) in [6.45, 7) is 0. The molecule has 0 aromatic heterocycles. The third-order valence-electron chi connectivity index (χ3n) is 6.22. The van der Waals surface area contributed by atoms with E-state index in [9.17, 15) is 33.3 Å². The van der Waals surface area contributed by atoms with Gasteiger partial charge in [0.25, 0.3) is 0 Å². The van der Waals surface area contributed by atoms with Crippen molar-refractivity contribution in [1.82, 2.24) is 0 Å². The summed E-state index contributed by atoms with van der Waals surface area (Å²) < 4.78 is 38.4. The van der Waals surface area contributed by atoms with Crippen molar-refractivity contribution in [2.75, 3.05) is 0 Å². The highest BCUT2D eigenvalue weighted by Crippen LogP contribution is 2.39. The van der Waals surface area contributed by atoms with Crippen molar-refractivity contribution in [2.45, 2.75) is 82.3 Å². The number of aliphatic carboxylic acids is 1. The Labute approximate surface area is 186 Å². The Hall–Kier alpha value is -1.90. The smallest absolute Gasteiger partial charge is 0.416 e. The average molecular weight is 459 g/mol. The molecule has 2 unspecified atom stereocenters. The molecule has 1 aliphatic carbocycles. The quantitative estimate of drug-likeness (QED) is 0.342. The van der Waals surface area contributed by atoms with Crippen LogP contribution in [0, 0.1) is 11.8 Å². The van der Waals surface area contributed by atoms with Crippen LogP contribution in [0.3, 0.4) is 0 Å². The number of carboxylic acid groups (broad SMARTS) is 1. The first kappa shape index (κ1) is 26.4. The van der Waals surface area contributed by atoms with Crippen LogP contribution >= 0.6 is 0 Å². The highest BCUT2D eigenvalue weighted by Gasteiger charge is 2.40. The zero-order valence-electron chi connectivity index (χ0n) is 18.0. The molecule has 5 nitrogen and oxygen atoms in total. The molecule has 4 N–H and O–H groups in total. The number of rotatable bonds is 12. The molecule has 8 heteroatoms. The van der Waals surface area contributed by atoms with Crippen molar-refractivity contribution in [2.24, 2.45) is 11.8 Å². The Morgan fingerprint density at radius 1 is 1.06 bits per heavy atom. The van der Waals surface area contributed by atoms with Crippen LogP contribution in [0.4, 0.5) is 13.2 Å². The molecule has 1 fully saturated rings. The van der Waals surface area contributed by atoms with Crippen molar-refractivity contribution >= 4 is 12.0 Å². The van der Waals surface area contributed by atoms with Gasteiger partial charge in [-0.1, -0.05) is 43.5 Å². The minimum Gasteiger partial charge on any atom is -0.481 e. The lowest BCUT2D eigenvalue weighted by molar-refractivity contribution is -0.138. The van der Waals surface area contributed by atoms with E-state index in [1.54, 1.807) is 0 Å². The lowest BCUT2D eigenvalue weighted by atomic mass is 9.85. The van der Waals surface area contributed by atoms with Crippen LogP contribution in [-0.4, -0.2) is 44.7 Å². The van der Waals surface area contributed by atoms with E-state index >= 15 is 0 Å². The van der Waals surface area contributed by atoms with Crippen LogP contribution in [0.5, 0.6) is 0 Å². The van der Waals surface area contributed by atoms with E-state index < -0.39 is 36.0 Å². The van der Waals surface area contributed by atoms with Crippen LogP contribution in [0.25, 0.3) is 6.08 Å². The molecule has 0 spiro atoms. The monoisotopic (exact) mass is 458 g/mol. The van der Waals surface area contributed by atoms with Gasteiger partial charge in [0.15, 0.2) is 0 Å². The van der Waals surface area contributed by atoms with Crippen LogP contribution in [0.15, 0.2) is 30.3 Å². The van der Waals surface area contributed by atoms with Gasteiger partial charge < -0.3 is 20.4 Å². The van der Waals surface area contributed by atoms with Crippen LogP contribution in [0.2, 0.25) is 0 Å². The van der Waals surface area contributed by atoms with Gasteiger partial charge in [-0.15, -0.1) is 0 Å². The van der Waals surface area contributed by atoms with Crippen LogP contribution in [-0.2, 0) is 11.0 Å². The first-order valence-electron chi connectivity index (χ1n) is 11.2. The zero-order chi connectivity index (χ0) is 23.7. The highest BCUT2D eigenvalue weighted by molar-refractivity contribution is 5.66. The molecule has 5 atom stereocenters. The molecule has 0 radical (unpaired) electrons. The molecular formula is C24H33F3O5. The van der Waals surface area contributed by atoms with Crippen molar-refractivity contribution in [1.29, 1.82) is 0 Å². The Bertz CT molecular complexity index is 749. The molecule has 180 valence electrons. The predicted octanol–water partition coefficient (Wildman–Crippen LogP) is 4.64. The second kappa shape index (κ2) is 12.4. The number of aliphatic hydroxyl groups is 3. The summed E-state index contributed by atoms with van der Waals surface area (Å²) in [5.41, 5.74) is -0.404. The maximum absolute atomic E-state index is 12.8. The summed E-state index contributed by atoms with van der Waals surface area (Å²) in [4.78, 5) is 10.5. The Morgan fingerprint density at radius 3 is 2.38 bits per heavy atom. The molecule has 1 aromatic rings.